The second-order valence-corrected chi connectivity index (χ2v) is 4.89. The Morgan fingerprint density at radius 2 is 1.93 bits per heavy atom. The fourth-order valence-electron chi connectivity index (χ4n) is 2.52. The molecule has 0 aromatic rings. The molecule has 0 radical (unpaired) electrons. The molecule has 2 rings (SSSR count). The van der Waals surface area contributed by atoms with Crippen molar-refractivity contribution >= 4 is 0 Å². The lowest BCUT2D eigenvalue weighted by Gasteiger charge is -2.19. The first-order chi connectivity index (χ1) is 7.20. The third-order valence-electron chi connectivity index (χ3n) is 3.57. The summed E-state index contributed by atoms with van der Waals surface area (Å²) in [7, 11) is 0. The summed E-state index contributed by atoms with van der Waals surface area (Å²) in [6, 6.07) is 0. The largest absolute Gasteiger partial charge is 0.388 e. The van der Waals surface area contributed by atoms with Gasteiger partial charge in [-0.15, -0.1) is 5.73 Å². The van der Waals surface area contributed by atoms with E-state index in [1.54, 1.807) is 6.08 Å². The molecule has 0 spiro atoms. The van der Waals surface area contributed by atoms with Crippen LogP contribution in [-0.4, -0.2) is 21.9 Å². The standard InChI is InChI=1S/C13H20O2/c14-12-6-2-1-5-11(12)7-10-13(15)8-3-4-9-13/h10,12,14-15H,1-6,8-9H2/t7?,12-/m0/s1. The van der Waals surface area contributed by atoms with Crippen molar-refractivity contribution in [2.24, 2.45) is 0 Å². The summed E-state index contributed by atoms with van der Waals surface area (Å²) in [5.41, 5.74) is 3.50. The molecule has 0 bridgehead atoms. The second kappa shape index (κ2) is 4.52. The molecular formula is C13H20O2. The second-order valence-electron chi connectivity index (χ2n) is 4.89. The highest BCUT2D eigenvalue weighted by Gasteiger charge is 2.28. The van der Waals surface area contributed by atoms with Crippen molar-refractivity contribution in [2.45, 2.75) is 63.1 Å². The molecular weight excluding hydrogens is 188 g/mol. The van der Waals surface area contributed by atoms with Crippen molar-refractivity contribution < 1.29 is 10.2 Å². The molecule has 0 aromatic carbocycles. The van der Waals surface area contributed by atoms with Gasteiger partial charge in [0.2, 0.25) is 0 Å². The highest BCUT2D eigenvalue weighted by atomic mass is 16.3. The molecule has 0 heterocycles. The highest BCUT2D eigenvalue weighted by molar-refractivity contribution is 5.14. The smallest absolute Gasteiger partial charge is 0.0901 e. The average molecular weight is 208 g/mol. The van der Waals surface area contributed by atoms with E-state index in [2.05, 4.69) is 5.73 Å². The molecule has 2 N–H and O–H groups in total. The molecule has 2 saturated carbocycles. The Morgan fingerprint density at radius 1 is 1.20 bits per heavy atom. The third-order valence-corrected chi connectivity index (χ3v) is 3.57. The molecule has 0 saturated heterocycles. The topological polar surface area (TPSA) is 40.5 Å². The van der Waals surface area contributed by atoms with Gasteiger partial charge < -0.3 is 10.2 Å². The Balaban J connectivity index is 2.09. The van der Waals surface area contributed by atoms with Crippen molar-refractivity contribution in [1.82, 2.24) is 0 Å². The molecule has 2 fully saturated rings. The van der Waals surface area contributed by atoms with E-state index >= 15 is 0 Å². The summed E-state index contributed by atoms with van der Waals surface area (Å²) in [4.78, 5) is 0. The van der Waals surface area contributed by atoms with Gasteiger partial charge in [-0.2, -0.15) is 0 Å². The van der Waals surface area contributed by atoms with Crippen LogP contribution in [0.25, 0.3) is 0 Å². The molecule has 84 valence electrons. The monoisotopic (exact) mass is 208 g/mol. The summed E-state index contributed by atoms with van der Waals surface area (Å²) < 4.78 is 0. The van der Waals surface area contributed by atoms with Crippen LogP contribution in [0, 0.1) is 0 Å². The Labute approximate surface area is 91.3 Å². The van der Waals surface area contributed by atoms with E-state index in [0.29, 0.717) is 0 Å². The molecule has 0 aromatic heterocycles. The van der Waals surface area contributed by atoms with E-state index in [0.717, 1.165) is 56.9 Å². The maximum Gasteiger partial charge on any atom is 0.0901 e. The first-order valence-corrected chi connectivity index (χ1v) is 6.07. The fraction of sp³-hybridized carbons (Fsp3) is 0.769. The molecule has 0 aliphatic heterocycles. The Hall–Kier alpha value is -0.560. The van der Waals surface area contributed by atoms with Crippen molar-refractivity contribution in [3.63, 3.8) is 0 Å². The normalized spacial score (nSPS) is 30.0. The minimum absolute atomic E-state index is 0.319. The predicted molar refractivity (Wildman–Crippen MR) is 59.5 cm³/mol. The molecule has 2 aliphatic carbocycles. The molecule has 0 amide bonds. The van der Waals surface area contributed by atoms with Crippen molar-refractivity contribution in [2.75, 3.05) is 0 Å². The quantitative estimate of drug-likeness (QED) is 0.649. The number of aliphatic hydroxyl groups is 2. The SMILES string of the molecule is O[C@H]1CCCCC1=C=CC1(O)CCCC1. The average Bonchev–Trinajstić information content (AvgIpc) is 2.65. The fourth-order valence-corrected chi connectivity index (χ4v) is 2.52. The van der Waals surface area contributed by atoms with E-state index in [-0.39, 0.29) is 6.10 Å². The van der Waals surface area contributed by atoms with Crippen molar-refractivity contribution in [3.05, 3.63) is 17.4 Å². The Morgan fingerprint density at radius 3 is 2.60 bits per heavy atom. The Kier molecular flexibility index (Phi) is 3.30. The van der Waals surface area contributed by atoms with Gasteiger partial charge in [-0.05, 0) is 43.8 Å². The van der Waals surface area contributed by atoms with Crippen LogP contribution in [-0.2, 0) is 0 Å². The zero-order valence-electron chi connectivity index (χ0n) is 9.21. The maximum atomic E-state index is 10.1. The number of rotatable bonds is 1. The molecule has 1 atom stereocenters. The van der Waals surface area contributed by atoms with Crippen LogP contribution in [0.5, 0.6) is 0 Å². The highest BCUT2D eigenvalue weighted by Crippen LogP contribution is 2.31. The minimum atomic E-state index is -0.635. The summed E-state index contributed by atoms with van der Waals surface area (Å²) in [5, 5.41) is 19.8. The van der Waals surface area contributed by atoms with Crippen LogP contribution in [0.3, 0.4) is 0 Å². The van der Waals surface area contributed by atoms with E-state index in [1.165, 1.54) is 0 Å². The lowest BCUT2D eigenvalue weighted by Crippen LogP contribution is -2.20. The van der Waals surface area contributed by atoms with Gasteiger partial charge in [-0.25, -0.2) is 0 Å². The van der Waals surface area contributed by atoms with Gasteiger partial charge in [-0.3, -0.25) is 0 Å². The van der Waals surface area contributed by atoms with Crippen LogP contribution in [0.4, 0.5) is 0 Å². The predicted octanol–water partition coefficient (Wildman–Crippen LogP) is 2.31. The van der Waals surface area contributed by atoms with Crippen molar-refractivity contribution in [1.29, 1.82) is 0 Å². The molecule has 0 unspecified atom stereocenters. The van der Waals surface area contributed by atoms with E-state index < -0.39 is 5.60 Å². The first kappa shape index (κ1) is 10.9. The van der Waals surface area contributed by atoms with Crippen LogP contribution < -0.4 is 0 Å². The lowest BCUT2D eigenvalue weighted by atomic mass is 9.92. The summed E-state index contributed by atoms with van der Waals surface area (Å²) in [5.74, 6) is 0. The van der Waals surface area contributed by atoms with Gasteiger partial charge in [0.1, 0.15) is 0 Å². The number of aliphatic hydroxyl groups excluding tert-OH is 1. The van der Waals surface area contributed by atoms with E-state index in [4.69, 9.17) is 0 Å². The summed E-state index contributed by atoms with van der Waals surface area (Å²) in [6.45, 7) is 0. The molecule has 2 aliphatic rings. The summed E-state index contributed by atoms with van der Waals surface area (Å²) in [6.07, 6.45) is 9.43. The first-order valence-electron chi connectivity index (χ1n) is 6.07. The van der Waals surface area contributed by atoms with Crippen LogP contribution in [0.1, 0.15) is 51.4 Å². The van der Waals surface area contributed by atoms with Crippen LogP contribution in [0.15, 0.2) is 17.4 Å². The lowest BCUT2D eigenvalue weighted by molar-refractivity contribution is 0.0992. The molecule has 15 heavy (non-hydrogen) atoms. The van der Waals surface area contributed by atoms with Crippen LogP contribution in [0.2, 0.25) is 0 Å². The van der Waals surface area contributed by atoms with Crippen molar-refractivity contribution in [3.8, 4) is 0 Å². The van der Waals surface area contributed by atoms with Gasteiger partial charge in [0.25, 0.3) is 0 Å². The summed E-state index contributed by atoms with van der Waals surface area (Å²) >= 11 is 0. The van der Waals surface area contributed by atoms with Gasteiger partial charge in [-0.1, -0.05) is 19.3 Å². The zero-order chi connectivity index (χ0) is 10.7. The Bertz CT molecular complexity index is 281. The number of hydrogen-bond acceptors (Lipinski definition) is 2. The van der Waals surface area contributed by atoms with E-state index in [1.807, 2.05) is 0 Å². The van der Waals surface area contributed by atoms with Gasteiger partial charge in [0, 0.05) is 0 Å². The van der Waals surface area contributed by atoms with Gasteiger partial charge >= 0.3 is 0 Å². The maximum absolute atomic E-state index is 10.1. The molecule has 2 heteroatoms. The van der Waals surface area contributed by atoms with Gasteiger partial charge in [0.05, 0.1) is 11.7 Å². The van der Waals surface area contributed by atoms with Crippen LogP contribution >= 0.6 is 0 Å². The molecule has 2 nitrogen and oxygen atoms in total. The van der Waals surface area contributed by atoms with E-state index in [9.17, 15) is 10.2 Å². The third kappa shape index (κ3) is 2.72. The minimum Gasteiger partial charge on any atom is -0.388 e. The zero-order valence-corrected chi connectivity index (χ0v) is 9.21. The van der Waals surface area contributed by atoms with Gasteiger partial charge in [0.15, 0.2) is 0 Å². The number of hydrogen-bond donors (Lipinski definition) is 2.